The molecule has 0 saturated carbocycles. The van der Waals surface area contributed by atoms with Gasteiger partial charge >= 0.3 is 0 Å². The summed E-state index contributed by atoms with van der Waals surface area (Å²) in [6.45, 7) is 1.68. The van der Waals surface area contributed by atoms with E-state index in [9.17, 15) is 18.0 Å². The van der Waals surface area contributed by atoms with Crippen LogP contribution >= 0.6 is 15.9 Å². The van der Waals surface area contributed by atoms with Crippen LogP contribution in [0.2, 0.25) is 0 Å². The van der Waals surface area contributed by atoms with Crippen LogP contribution in [-0.4, -0.2) is 5.91 Å². The highest BCUT2D eigenvalue weighted by Crippen LogP contribution is 2.27. The van der Waals surface area contributed by atoms with Crippen molar-refractivity contribution in [3.8, 4) is 0 Å². The number of benzene rings is 2. The summed E-state index contributed by atoms with van der Waals surface area (Å²) >= 11 is 2.94. The third kappa shape index (κ3) is 3.01. The summed E-state index contributed by atoms with van der Waals surface area (Å²) < 4.78 is 40.2. The van der Waals surface area contributed by atoms with Crippen molar-refractivity contribution >= 4 is 27.5 Å². The van der Waals surface area contributed by atoms with Gasteiger partial charge in [-0.25, -0.2) is 13.2 Å². The van der Waals surface area contributed by atoms with Crippen molar-refractivity contribution in [3.63, 3.8) is 0 Å². The van der Waals surface area contributed by atoms with Crippen LogP contribution < -0.4 is 5.32 Å². The standard InChI is InChI=1S/C14H9BrF3NO/c1-7-2-3-9(11(17)4-7)14(20)19-13-10(15)5-8(16)6-12(13)18/h2-6H,1H3,(H,19,20). The number of aryl methyl sites for hydroxylation is 1. The molecule has 0 bridgehead atoms. The Kier molecular flexibility index (Phi) is 4.13. The fraction of sp³-hybridized carbons (Fsp3) is 0.0714. The smallest absolute Gasteiger partial charge is 0.258 e. The lowest BCUT2D eigenvalue weighted by atomic mass is 10.1. The highest BCUT2D eigenvalue weighted by atomic mass is 79.9. The van der Waals surface area contributed by atoms with Crippen molar-refractivity contribution < 1.29 is 18.0 Å². The Labute approximate surface area is 121 Å². The lowest BCUT2D eigenvalue weighted by molar-refractivity contribution is 0.102. The molecule has 0 atom stereocenters. The van der Waals surface area contributed by atoms with Gasteiger partial charge in [0.05, 0.1) is 11.3 Å². The van der Waals surface area contributed by atoms with Gasteiger partial charge in [0.15, 0.2) is 5.82 Å². The minimum Gasteiger partial charge on any atom is -0.318 e. The lowest BCUT2D eigenvalue weighted by Crippen LogP contribution is -2.15. The Morgan fingerprint density at radius 2 is 1.80 bits per heavy atom. The second kappa shape index (κ2) is 5.66. The van der Waals surface area contributed by atoms with Gasteiger partial charge in [-0.3, -0.25) is 4.79 Å². The molecule has 2 rings (SSSR count). The second-order valence-electron chi connectivity index (χ2n) is 4.18. The number of amides is 1. The molecule has 0 radical (unpaired) electrons. The van der Waals surface area contributed by atoms with E-state index < -0.39 is 23.4 Å². The van der Waals surface area contributed by atoms with Crippen molar-refractivity contribution in [2.45, 2.75) is 6.92 Å². The third-order valence-corrected chi connectivity index (χ3v) is 3.24. The summed E-state index contributed by atoms with van der Waals surface area (Å²) in [6, 6.07) is 5.70. The predicted molar refractivity (Wildman–Crippen MR) is 73.1 cm³/mol. The largest absolute Gasteiger partial charge is 0.318 e. The van der Waals surface area contributed by atoms with E-state index in [2.05, 4.69) is 21.2 Å². The summed E-state index contributed by atoms with van der Waals surface area (Å²) in [5.41, 5.74) is 0.204. The van der Waals surface area contributed by atoms with Crippen LogP contribution in [0.5, 0.6) is 0 Å². The first-order chi connectivity index (χ1) is 9.38. The molecule has 2 aromatic rings. The summed E-state index contributed by atoms with van der Waals surface area (Å²) in [5.74, 6) is -3.25. The van der Waals surface area contributed by atoms with Crippen molar-refractivity contribution in [3.05, 3.63) is 63.4 Å². The molecule has 0 fully saturated rings. The van der Waals surface area contributed by atoms with Crippen LogP contribution in [0, 0.1) is 24.4 Å². The normalized spacial score (nSPS) is 10.4. The van der Waals surface area contributed by atoms with Gasteiger partial charge in [-0.1, -0.05) is 6.07 Å². The summed E-state index contributed by atoms with van der Waals surface area (Å²) in [7, 11) is 0. The molecule has 2 aromatic carbocycles. The first-order valence-corrected chi connectivity index (χ1v) is 6.40. The Morgan fingerprint density at radius 1 is 1.10 bits per heavy atom. The highest BCUT2D eigenvalue weighted by molar-refractivity contribution is 9.10. The molecule has 2 nitrogen and oxygen atoms in total. The molecule has 0 unspecified atom stereocenters. The molecule has 0 aromatic heterocycles. The molecule has 20 heavy (non-hydrogen) atoms. The SMILES string of the molecule is Cc1ccc(C(=O)Nc2c(F)cc(F)cc2Br)c(F)c1. The van der Waals surface area contributed by atoms with Gasteiger partial charge < -0.3 is 5.32 Å². The first-order valence-electron chi connectivity index (χ1n) is 5.60. The van der Waals surface area contributed by atoms with E-state index in [4.69, 9.17) is 0 Å². The summed E-state index contributed by atoms with van der Waals surface area (Å²) in [4.78, 5) is 11.9. The number of rotatable bonds is 2. The third-order valence-electron chi connectivity index (χ3n) is 2.61. The monoisotopic (exact) mass is 343 g/mol. The van der Waals surface area contributed by atoms with Crippen LogP contribution in [0.25, 0.3) is 0 Å². The maximum atomic E-state index is 13.6. The van der Waals surface area contributed by atoms with Gasteiger partial charge in [0.25, 0.3) is 5.91 Å². The van der Waals surface area contributed by atoms with Gasteiger partial charge in [0.1, 0.15) is 11.6 Å². The molecule has 0 aliphatic rings. The quantitative estimate of drug-likeness (QED) is 0.858. The molecule has 0 aliphatic carbocycles. The molecule has 0 heterocycles. The fourth-order valence-corrected chi connectivity index (χ4v) is 2.15. The molecule has 0 saturated heterocycles. The molecule has 0 spiro atoms. The van der Waals surface area contributed by atoms with Gasteiger partial charge in [-0.2, -0.15) is 0 Å². The zero-order chi connectivity index (χ0) is 14.9. The van der Waals surface area contributed by atoms with E-state index in [0.29, 0.717) is 11.6 Å². The van der Waals surface area contributed by atoms with Crippen LogP contribution in [0.1, 0.15) is 15.9 Å². The van der Waals surface area contributed by atoms with Crippen LogP contribution in [-0.2, 0) is 0 Å². The molecule has 104 valence electrons. The Bertz CT molecular complexity index is 665. The summed E-state index contributed by atoms with van der Waals surface area (Å²) in [6.07, 6.45) is 0. The lowest BCUT2D eigenvalue weighted by Gasteiger charge is -2.09. The minimum absolute atomic E-state index is 0.0378. The van der Waals surface area contributed by atoms with Crippen LogP contribution in [0.15, 0.2) is 34.8 Å². The number of anilines is 1. The number of hydrogen-bond donors (Lipinski definition) is 1. The number of carbonyl (C=O) groups excluding carboxylic acids is 1. The van der Waals surface area contributed by atoms with E-state index in [0.717, 1.165) is 6.07 Å². The van der Waals surface area contributed by atoms with Crippen LogP contribution in [0.4, 0.5) is 18.9 Å². The Hall–Kier alpha value is -1.82. The van der Waals surface area contributed by atoms with Gasteiger partial charge in [-0.05, 0) is 46.6 Å². The molecule has 6 heteroatoms. The summed E-state index contributed by atoms with van der Waals surface area (Å²) in [5, 5.41) is 2.21. The maximum Gasteiger partial charge on any atom is 0.258 e. The average molecular weight is 344 g/mol. The van der Waals surface area contributed by atoms with E-state index in [1.807, 2.05) is 0 Å². The fourth-order valence-electron chi connectivity index (χ4n) is 1.65. The second-order valence-corrected chi connectivity index (χ2v) is 5.04. The van der Waals surface area contributed by atoms with Crippen molar-refractivity contribution in [1.82, 2.24) is 0 Å². The average Bonchev–Trinajstić information content (AvgIpc) is 2.33. The molecule has 1 N–H and O–H groups in total. The van der Waals surface area contributed by atoms with Gasteiger partial charge in [0.2, 0.25) is 0 Å². The number of nitrogens with one attached hydrogen (secondary N) is 1. The number of carbonyl (C=O) groups is 1. The van der Waals surface area contributed by atoms with Crippen molar-refractivity contribution in [2.75, 3.05) is 5.32 Å². The van der Waals surface area contributed by atoms with E-state index in [1.165, 1.54) is 12.1 Å². The topological polar surface area (TPSA) is 29.1 Å². The number of hydrogen-bond acceptors (Lipinski definition) is 1. The maximum absolute atomic E-state index is 13.6. The van der Waals surface area contributed by atoms with E-state index in [1.54, 1.807) is 13.0 Å². The molecular formula is C14H9BrF3NO. The van der Waals surface area contributed by atoms with Crippen molar-refractivity contribution in [1.29, 1.82) is 0 Å². The first kappa shape index (κ1) is 14.6. The van der Waals surface area contributed by atoms with E-state index in [-0.39, 0.29) is 15.7 Å². The Balaban J connectivity index is 2.33. The highest BCUT2D eigenvalue weighted by Gasteiger charge is 2.16. The molecule has 1 amide bonds. The zero-order valence-electron chi connectivity index (χ0n) is 10.3. The van der Waals surface area contributed by atoms with Crippen molar-refractivity contribution in [2.24, 2.45) is 0 Å². The zero-order valence-corrected chi connectivity index (χ0v) is 11.9. The van der Waals surface area contributed by atoms with E-state index >= 15 is 0 Å². The van der Waals surface area contributed by atoms with Crippen LogP contribution in [0.3, 0.4) is 0 Å². The minimum atomic E-state index is -0.947. The molecule has 0 aliphatic heterocycles. The number of halogens is 4. The van der Waals surface area contributed by atoms with Gasteiger partial charge in [0, 0.05) is 10.5 Å². The predicted octanol–water partition coefficient (Wildman–Crippen LogP) is 4.43. The molecular weight excluding hydrogens is 335 g/mol. The Morgan fingerprint density at radius 3 is 2.40 bits per heavy atom. The van der Waals surface area contributed by atoms with Gasteiger partial charge in [-0.15, -0.1) is 0 Å².